The number of ether oxygens (including phenoxy) is 1. The van der Waals surface area contributed by atoms with Crippen LogP contribution in [0.25, 0.3) is 0 Å². The van der Waals surface area contributed by atoms with Crippen molar-refractivity contribution in [3.05, 3.63) is 29.5 Å². The molecular formula is C12H14ClN5O. The average Bonchev–Trinajstić information content (AvgIpc) is 2.39. The summed E-state index contributed by atoms with van der Waals surface area (Å²) in [6, 6.07) is 7.42. The lowest BCUT2D eigenvalue weighted by atomic mass is 10.3. The highest BCUT2D eigenvalue weighted by Crippen LogP contribution is 2.19. The van der Waals surface area contributed by atoms with Crippen LogP contribution in [0.5, 0.6) is 5.75 Å². The van der Waals surface area contributed by atoms with Crippen molar-refractivity contribution in [2.24, 2.45) is 0 Å². The van der Waals surface area contributed by atoms with Gasteiger partial charge in [-0.2, -0.15) is 15.0 Å². The van der Waals surface area contributed by atoms with E-state index in [0.29, 0.717) is 18.4 Å². The number of nitrogens with zero attached hydrogens (tertiary/aromatic N) is 3. The van der Waals surface area contributed by atoms with E-state index in [1.165, 1.54) is 0 Å². The minimum Gasteiger partial charge on any atom is -0.497 e. The van der Waals surface area contributed by atoms with E-state index < -0.39 is 0 Å². The van der Waals surface area contributed by atoms with Crippen LogP contribution in [0.3, 0.4) is 0 Å². The number of nitrogens with one attached hydrogen (secondary N) is 2. The fraction of sp³-hybridized carbons (Fsp3) is 0.250. The molecule has 1 heterocycles. The monoisotopic (exact) mass is 279 g/mol. The minimum absolute atomic E-state index is 0.141. The zero-order valence-electron chi connectivity index (χ0n) is 10.6. The van der Waals surface area contributed by atoms with E-state index >= 15 is 0 Å². The third kappa shape index (κ3) is 3.69. The maximum Gasteiger partial charge on any atom is 0.233 e. The van der Waals surface area contributed by atoms with Crippen LogP contribution >= 0.6 is 11.6 Å². The Morgan fingerprint density at radius 1 is 1.11 bits per heavy atom. The first-order valence-corrected chi connectivity index (χ1v) is 6.15. The number of rotatable bonds is 5. The number of anilines is 3. The van der Waals surface area contributed by atoms with E-state index in [2.05, 4.69) is 25.6 Å². The SMILES string of the molecule is CCNc1nc(Cl)nc(Nc2ccc(OC)cc2)n1. The van der Waals surface area contributed by atoms with E-state index in [1.807, 2.05) is 31.2 Å². The van der Waals surface area contributed by atoms with Crippen molar-refractivity contribution in [3.63, 3.8) is 0 Å². The molecule has 7 heteroatoms. The second kappa shape index (κ2) is 6.19. The van der Waals surface area contributed by atoms with Crippen molar-refractivity contribution in [2.45, 2.75) is 6.92 Å². The first-order chi connectivity index (χ1) is 9.21. The molecule has 19 heavy (non-hydrogen) atoms. The highest BCUT2D eigenvalue weighted by Gasteiger charge is 2.04. The molecule has 0 amide bonds. The maximum absolute atomic E-state index is 5.84. The minimum atomic E-state index is 0.141. The molecule has 1 aromatic heterocycles. The highest BCUT2D eigenvalue weighted by molar-refractivity contribution is 6.28. The number of aromatic nitrogens is 3. The smallest absolute Gasteiger partial charge is 0.233 e. The van der Waals surface area contributed by atoms with Gasteiger partial charge in [0.05, 0.1) is 7.11 Å². The fourth-order valence-corrected chi connectivity index (χ4v) is 1.61. The van der Waals surface area contributed by atoms with Gasteiger partial charge < -0.3 is 15.4 Å². The second-order valence-corrected chi connectivity index (χ2v) is 3.97. The molecule has 0 bridgehead atoms. The summed E-state index contributed by atoms with van der Waals surface area (Å²) >= 11 is 5.84. The predicted octanol–water partition coefficient (Wildman–Crippen LogP) is 2.71. The molecule has 2 aromatic rings. The predicted molar refractivity (Wildman–Crippen MR) is 75.3 cm³/mol. The molecule has 0 aliphatic rings. The molecule has 0 aliphatic carbocycles. The van der Waals surface area contributed by atoms with Crippen LogP contribution in [0.15, 0.2) is 24.3 Å². The summed E-state index contributed by atoms with van der Waals surface area (Å²) < 4.78 is 5.09. The molecule has 0 unspecified atom stereocenters. The van der Waals surface area contributed by atoms with Gasteiger partial charge in [0, 0.05) is 12.2 Å². The molecule has 0 fully saturated rings. The van der Waals surface area contributed by atoms with E-state index in [9.17, 15) is 0 Å². The van der Waals surface area contributed by atoms with Crippen LogP contribution < -0.4 is 15.4 Å². The Hall–Kier alpha value is -2.08. The average molecular weight is 280 g/mol. The molecule has 0 spiro atoms. The summed E-state index contributed by atoms with van der Waals surface area (Å²) in [6.45, 7) is 2.66. The Balaban J connectivity index is 2.17. The Morgan fingerprint density at radius 2 is 1.79 bits per heavy atom. The van der Waals surface area contributed by atoms with E-state index in [0.717, 1.165) is 11.4 Å². The Morgan fingerprint density at radius 3 is 2.42 bits per heavy atom. The molecular weight excluding hydrogens is 266 g/mol. The van der Waals surface area contributed by atoms with Crippen LogP contribution in [-0.4, -0.2) is 28.6 Å². The molecule has 100 valence electrons. The molecule has 1 aromatic carbocycles. The van der Waals surface area contributed by atoms with Gasteiger partial charge >= 0.3 is 0 Å². The number of benzene rings is 1. The molecule has 2 rings (SSSR count). The summed E-state index contributed by atoms with van der Waals surface area (Å²) in [5.74, 6) is 1.62. The lowest BCUT2D eigenvalue weighted by Crippen LogP contribution is -2.06. The van der Waals surface area contributed by atoms with Crippen LogP contribution in [0.2, 0.25) is 5.28 Å². The van der Waals surface area contributed by atoms with Gasteiger partial charge in [-0.25, -0.2) is 0 Å². The summed E-state index contributed by atoms with van der Waals surface area (Å²) in [4.78, 5) is 12.2. The molecule has 0 radical (unpaired) electrons. The van der Waals surface area contributed by atoms with Crippen molar-refractivity contribution in [1.29, 1.82) is 0 Å². The van der Waals surface area contributed by atoms with Gasteiger partial charge in [0.15, 0.2) is 0 Å². The van der Waals surface area contributed by atoms with Crippen LogP contribution in [0, 0.1) is 0 Å². The lowest BCUT2D eigenvalue weighted by Gasteiger charge is -2.07. The van der Waals surface area contributed by atoms with E-state index in [4.69, 9.17) is 16.3 Å². The standard InChI is InChI=1S/C12H14ClN5O/c1-3-14-11-16-10(13)17-12(18-11)15-8-4-6-9(19-2)7-5-8/h4-7H,3H2,1-2H3,(H2,14,15,16,17,18). The number of halogens is 1. The largest absolute Gasteiger partial charge is 0.497 e. The normalized spacial score (nSPS) is 10.1. The first kappa shape index (κ1) is 13.4. The third-order valence-corrected chi connectivity index (χ3v) is 2.46. The van der Waals surface area contributed by atoms with Gasteiger partial charge in [-0.3, -0.25) is 0 Å². The third-order valence-electron chi connectivity index (χ3n) is 2.29. The van der Waals surface area contributed by atoms with Crippen LogP contribution in [-0.2, 0) is 0 Å². The van der Waals surface area contributed by atoms with Gasteiger partial charge in [0.1, 0.15) is 5.75 Å². The fourth-order valence-electron chi connectivity index (χ4n) is 1.45. The van der Waals surface area contributed by atoms with E-state index in [1.54, 1.807) is 7.11 Å². The van der Waals surface area contributed by atoms with Crippen molar-refractivity contribution >= 4 is 29.2 Å². The molecule has 6 nitrogen and oxygen atoms in total. The van der Waals surface area contributed by atoms with E-state index in [-0.39, 0.29) is 5.28 Å². The van der Waals surface area contributed by atoms with Gasteiger partial charge in [0.25, 0.3) is 0 Å². The van der Waals surface area contributed by atoms with Crippen molar-refractivity contribution in [2.75, 3.05) is 24.3 Å². The molecule has 0 saturated heterocycles. The van der Waals surface area contributed by atoms with Crippen LogP contribution in [0.4, 0.5) is 17.6 Å². The second-order valence-electron chi connectivity index (χ2n) is 3.64. The summed E-state index contributed by atoms with van der Waals surface area (Å²) in [6.07, 6.45) is 0. The van der Waals surface area contributed by atoms with Gasteiger partial charge in [-0.15, -0.1) is 0 Å². The topological polar surface area (TPSA) is 72.0 Å². The molecule has 2 N–H and O–H groups in total. The maximum atomic E-state index is 5.84. The quantitative estimate of drug-likeness (QED) is 0.877. The van der Waals surface area contributed by atoms with Gasteiger partial charge in [-0.1, -0.05) is 0 Å². The number of hydrogen-bond acceptors (Lipinski definition) is 6. The van der Waals surface area contributed by atoms with Crippen molar-refractivity contribution in [1.82, 2.24) is 15.0 Å². The van der Waals surface area contributed by atoms with Crippen molar-refractivity contribution < 1.29 is 4.74 Å². The van der Waals surface area contributed by atoms with Crippen molar-refractivity contribution in [3.8, 4) is 5.75 Å². The lowest BCUT2D eigenvalue weighted by molar-refractivity contribution is 0.415. The Kier molecular flexibility index (Phi) is 4.35. The van der Waals surface area contributed by atoms with Gasteiger partial charge in [-0.05, 0) is 42.8 Å². The van der Waals surface area contributed by atoms with Gasteiger partial charge in [0.2, 0.25) is 17.2 Å². The molecule has 0 aliphatic heterocycles. The number of methoxy groups -OCH3 is 1. The Bertz CT molecular complexity index is 546. The summed E-state index contributed by atoms with van der Waals surface area (Å²) in [7, 11) is 1.62. The first-order valence-electron chi connectivity index (χ1n) is 5.78. The zero-order chi connectivity index (χ0) is 13.7. The molecule has 0 atom stereocenters. The zero-order valence-corrected chi connectivity index (χ0v) is 11.4. The summed E-state index contributed by atoms with van der Waals surface area (Å²) in [5.41, 5.74) is 0.838. The van der Waals surface area contributed by atoms with Crippen LogP contribution in [0.1, 0.15) is 6.92 Å². The highest BCUT2D eigenvalue weighted by atomic mass is 35.5. The number of hydrogen-bond donors (Lipinski definition) is 2. The molecule has 0 saturated carbocycles. The Labute approximate surface area is 116 Å². The summed E-state index contributed by atoms with van der Waals surface area (Å²) in [5, 5.41) is 6.18.